The highest BCUT2D eigenvalue weighted by molar-refractivity contribution is 9.10. The Balaban J connectivity index is 1.55. The van der Waals surface area contributed by atoms with E-state index in [1.54, 1.807) is 12.5 Å². The summed E-state index contributed by atoms with van der Waals surface area (Å²) in [6.45, 7) is 4.41. The molecule has 3 atom stereocenters. The highest BCUT2D eigenvalue weighted by Gasteiger charge is 2.35. The van der Waals surface area contributed by atoms with E-state index >= 15 is 0 Å². The molecule has 2 aliphatic rings. The minimum Gasteiger partial charge on any atom is -0.376 e. The number of likely N-dealkylation sites (tertiary alicyclic amines) is 1. The Bertz CT molecular complexity index is 791. The topological polar surface area (TPSA) is 47.4 Å². The van der Waals surface area contributed by atoms with Crippen LogP contribution >= 0.6 is 15.9 Å². The van der Waals surface area contributed by atoms with Crippen LogP contribution in [0.2, 0.25) is 0 Å². The van der Waals surface area contributed by atoms with E-state index in [9.17, 15) is 4.79 Å². The lowest BCUT2D eigenvalue weighted by Crippen LogP contribution is -2.49. The van der Waals surface area contributed by atoms with Gasteiger partial charge in [0.1, 0.15) is 5.69 Å². The van der Waals surface area contributed by atoms with Gasteiger partial charge in [0.2, 0.25) is 0 Å². The Kier molecular flexibility index (Phi) is 5.14. The summed E-state index contributed by atoms with van der Waals surface area (Å²) in [7, 11) is 0. The Morgan fingerprint density at radius 1 is 1.35 bits per heavy atom. The molecule has 2 aromatic rings. The van der Waals surface area contributed by atoms with Gasteiger partial charge in [0.15, 0.2) is 0 Å². The van der Waals surface area contributed by atoms with Crippen molar-refractivity contribution in [2.45, 2.75) is 38.3 Å². The molecule has 26 heavy (non-hydrogen) atoms. The standard InChI is InChI=1S/C20H24BrN3O2/c1-14(16-6-2-3-7-17(16)21)24-13-22-11-18(24)20(25)23-9-8-15-5-4-10-26-19(15)12-23/h2-3,6-7,11,13-15,19H,4-5,8-10,12H2,1H3/t14-,15+,19+/m0/s1. The molecule has 0 unspecified atom stereocenters. The molecule has 1 aromatic carbocycles. The first-order valence-electron chi connectivity index (χ1n) is 9.32. The number of hydrogen-bond acceptors (Lipinski definition) is 3. The maximum absolute atomic E-state index is 13.2. The van der Waals surface area contributed by atoms with Gasteiger partial charge in [-0.25, -0.2) is 4.98 Å². The van der Waals surface area contributed by atoms with Crippen LogP contribution in [-0.2, 0) is 4.74 Å². The summed E-state index contributed by atoms with van der Waals surface area (Å²) in [5.74, 6) is 0.658. The van der Waals surface area contributed by atoms with Crippen LogP contribution in [0.5, 0.6) is 0 Å². The molecule has 5 nitrogen and oxygen atoms in total. The van der Waals surface area contributed by atoms with Crippen LogP contribution in [0.25, 0.3) is 0 Å². The smallest absolute Gasteiger partial charge is 0.272 e. The number of benzene rings is 1. The molecule has 1 aromatic heterocycles. The van der Waals surface area contributed by atoms with Crippen molar-refractivity contribution in [3.05, 3.63) is 52.5 Å². The molecule has 0 N–H and O–H groups in total. The summed E-state index contributed by atoms with van der Waals surface area (Å²) < 4.78 is 8.93. The van der Waals surface area contributed by atoms with Crippen molar-refractivity contribution >= 4 is 21.8 Å². The first-order chi connectivity index (χ1) is 12.6. The van der Waals surface area contributed by atoms with Gasteiger partial charge in [-0.15, -0.1) is 0 Å². The highest BCUT2D eigenvalue weighted by Crippen LogP contribution is 2.31. The van der Waals surface area contributed by atoms with Crippen LogP contribution in [0.15, 0.2) is 41.3 Å². The third kappa shape index (κ3) is 3.32. The number of fused-ring (bicyclic) bond motifs is 1. The Labute approximate surface area is 162 Å². The minimum atomic E-state index is 0.0236. The minimum absolute atomic E-state index is 0.0236. The zero-order valence-corrected chi connectivity index (χ0v) is 16.6. The molecule has 0 saturated carbocycles. The van der Waals surface area contributed by atoms with Crippen LogP contribution in [0.4, 0.5) is 0 Å². The fourth-order valence-electron chi connectivity index (χ4n) is 4.15. The van der Waals surface area contributed by atoms with E-state index in [1.807, 2.05) is 27.7 Å². The summed E-state index contributed by atoms with van der Waals surface area (Å²) >= 11 is 3.61. The van der Waals surface area contributed by atoms with Crippen LogP contribution in [0, 0.1) is 5.92 Å². The van der Waals surface area contributed by atoms with Gasteiger partial charge in [-0.2, -0.15) is 0 Å². The number of rotatable bonds is 3. The van der Waals surface area contributed by atoms with Crippen LogP contribution in [0.1, 0.15) is 48.3 Å². The van der Waals surface area contributed by atoms with Crippen LogP contribution in [0.3, 0.4) is 0 Å². The average Bonchev–Trinajstić information content (AvgIpc) is 3.16. The average molecular weight is 418 g/mol. The predicted molar refractivity (Wildman–Crippen MR) is 103 cm³/mol. The van der Waals surface area contributed by atoms with E-state index in [-0.39, 0.29) is 18.1 Å². The first kappa shape index (κ1) is 17.7. The van der Waals surface area contributed by atoms with Crippen molar-refractivity contribution in [3.63, 3.8) is 0 Å². The second-order valence-corrected chi connectivity index (χ2v) is 8.09. The van der Waals surface area contributed by atoms with E-state index in [1.165, 1.54) is 6.42 Å². The number of carbonyl (C=O) groups is 1. The lowest BCUT2D eigenvalue weighted by molar-refractivity contribution is -0.0629. The summed E-state index contributed by atoms with van der Waals surface area (Å²) in [5, 5.41) is 0. The lowest BCUT2D eigenvalue weighted by atomic mass is 9.87. The monoisotopic (exact) mass is 417 g/mol. The molecule has 3 heterocycles. The van der Waals surface area contributed by atoms with Gasteiger partial charge < -0.3 is 14.2 Å². The van der Waals surface area contributed by atoms with Crippen molar-refractivity contribution in [1.82, 2.24) is 14.5 Å². The van der Waals surface area contributed by atoms with E-state index in [2.05, 4.69) is 33.9 Å². The highest BCUT2D eigenvalue weighted by atomic mass is 79.9. The third-order valence-electron chi connectivity index (χ3n) is 5.69. The number of hydrogen-bond donors (Lipinski definition) is 0. The summed E-state index contributed by atoms with van der Waals surface area (Å²) in [4.78, 5) is 19.4. The first-order valence-corrected chi connectivity index (χ1v) is 10.1. The maximum atomic E-state index is 13.2. The van der Waals surface area contributed by atoms with Crippen molar-refractivity contribution < 1.29 is 9.53 Å². The molecule has 4 rings (SSSR count). The second-order valence-electron chi connectivity index (χ2n) is 7.24. The number of amides is 1. The van der Waals surface area contributed by atoms with Crippen LogP contribution < -0.4 is 0 Å². The molecular formula is C20H24BrN3O2. The van der Waals surface area contributed by atoms with Crippen molar-refractivity contribution in [2.24, 2.45) is 5.92 Å². The van der Waals surface area contributed by atoms with Gasteiger partial charge in [0, 0.05) is 24.2 Å². The van der Waals surface area contributed by atoms with Crippen molar-refractivity contribution in [1.29, 1.82) is 0 Å². The number of imidazole rings is 1. The summed E-state index contributed by atoms with van der Waals surface area (Å²) in [5.41, 5.74) is 1.77. The molecule has 0 bridgehead atoms. The molecule has 2 fully saturated rings. The molecule has 6 heteroatoms. The van der Waals surface area contributed by atoms with Gasteiger partial charge >= 0.3 is 0 Å². The van der Waals surface area contributed by atoms with Crippen molar-refractivity contribution in [3.8, 4) is 0 Å². The number of carbonyl (C=O) groups excluding carboxylic acids is 1. The van der Waals surface area contributed by atoms with Gasteiger partial charge in [0.05, 0.1) is 24.7 Å². The predicted octanol–water partition coefficient (Wildman–Crippen LogP) is 3.90. The molecule has 138 valence electrons. The van der Waals surface area contributed by atoms with Crippen molar-refractivity contribution in [2.75, 3.05) is 19.7 Å². The fourth-order valence-corrected chi connectivity index (χ4v) is 4.77. The largest absolute Gasteiger partial charge is 0.376 e. The molecule has 2 aliphatic heterocycles. The normalized spacial score (nSPS) is 24.2. The lowest BCUT2D eigenvalue weighted by Gasteiger charge is -2.41. The summed E-state index contributed by atoms with van der Waals surface area (Å²) in [6.07, 6.45) is 7.03. The van der Waals surface area contributed by atoms with E-state index in [0.29, 0.717) is 18.2 Å². The molecule has 2 saturated heterocycles. The molecular weight excluding hydrogens is 394 g/mol. The Morgan fingerprint density at radius 3 is 3.04 bits per heavy atom. The molecule has 0 aliphatic carbocycles. The Morgan fingerprint density at radius 2 is 2.19 bits per heavy atom. The summed E-state index contributed by atoms with van der Waals surface area (Å²) in [6, 6.07) is 8.13. The van der Waals surface area contributed by atoms with Gasteiger partial charge in [-0.05, 0) is 43.7 Å². The van der Waals surface area contributed by atoms with E-state index < -0.39 is 0 Å². The molecule has 1 amide bonds. The molecule has 0 spiro atoms. The van der Waals surface area contributed by atoms with Gasteiger partial charge in [0.25, 0.3) is 5.91 Å². The number of piperidine rings is 1. The zero-order chi connectivity index (χ0) is 18.1. The van der Waals surface area contributed by atoms with Gasteiger partial charge in [-0.3, -0.25) is 4.79 Å². The number of halogens is 1. The van der Waals surface area contributed by atoms with E-state index in [4.69, 9.17) is 4.74 Å². The zero-order valence-electron chi connectivity index (χ0n) is 15.0. The third-order valence-corrected chi connectivity index (χ3v) is 6.41. The quantitative estimate of drug-likeness (QED) is 0.760. The molecule has 0 radical (unpaired) electrons. The fraction of sp³-hybridized carbons (Fsp3) is 0.500. The number of ether oxygens (including phenoxy) is 1. The van der Waals surface area contributed by atoms with E-state index in [0.717, 1.165) is 36.0 Å². The maximum Gasteiger partial charge on any atom is 0.272 e. The number of nitrogens with zero attached hydrogens (tertiary/aromatic N) is 3. The Hall–Kier alpha value is -1.66. The SMILES string of the molecule is C[C@@H](c1ccccc1Br)n1cncc1C(=O)N1CC[C@H]2CCCO[C@@H]2C1. The van der Waals surface area contributed by atoms with Crippen LogP contribution in [-0.4, -0.2) is 46.2 Å². The van der Waals surface area contributed by atoms with Gasteiger partial charge in [-0.1, -0.05) is 34.1 Å². The number of aromatic nitrogens is 2. The second kappa shape index (κ2) is 7.53.